The Morgan fingerprint density at radius 1 is 1.07 bits per heavy atom. The van der Waals surface area contributed by atoms with E-state index in [1.165, 1.54) is 17.1 Å². The second-order valence-corrected chi connectivity index (χ2v) is 10.6. The van der Waals surface area contributed by atoms with Crippen molar-refractivity contribution in [2.75, 3.05) is 5.32 Å². The Hall–Kier alpha value is -4.80. The molecule has 0 spiro atoms. The van der Waals surface area contributed by atoms with Gasteiger partial charge in [-0.05, 0) is 70.8 Å². The van der Waals surface area contributed by atoms with Gasteiger partial charge in [-0.2, -0.15) is 4.68 Å². The number of nitrogens with one attached hydrogen (secondary N) is 3. The Balaban J connectivity index is 1.27. The highest BCUT2D eigenvalue weighted by molar-refractivity contribution is 6.32. The van der Waals surface area contributed by atoms with Crippen LogP contribution in [0, 0.1) is 0 Å². The van der Waals surface area contributed by atoms with Crippen LogP contribution in [0.5, 0.6) is 0 Å². The molecular weight excluding hydrogens is 575 g/mol. The molecule has 2 aromatic heterocycles. The number of amides is 2. The van der Waals surface area contributed by atoms with Crippen LogP contribution in [0.3, 0.4) is 0 Å². The molecule has 0 saturated heterocycles. The van der Waals surface area contributed by atoms with E-state index in [0.29, 0.717) is 52.2 Å². The number of hydrogen-bond acceptors (Lipinski definition) is 6. The van der Waals surface area contributed by atoms with Gasteiger partial charge in [0.15, 0.2) is 0 Å². The van der Waals surface area contributed by atoms with E-state index in [-0.39, 0.29) is 11.8 Å². The Labute approximate surface area is 250 Å². The van der Waals surface area contributed by atoms with Gasteiger partial charge in [0.05, 0.1) is 11.7 Å². The lowest BCUT2D eigenvalue weighted by atomic mass is 9.99. The lowest BCUT2D eigenvalue weighted by molar-refractivity contribution is -0.117. The van der Waals surface area contributed by atoms with Crippen LogP contribution in [0.2, 0.25) is 10.2 Å². The summed E-state index contributed by atoms with van der Waals surface area (Å²) < 4.78 is 1.49. The summed E-state index contributed by atoms with van der Waals surface area (Å²) in [5, 5.41) is 18.1. The number of tetrazole rings is 1. The van der Waals surface area contributed by atoms with Gasteiger partial charge in [-0.1, -0.05) is 59.6 Å². The number of rotatable bonds is 8. The number of imidazole rings is 1. The van der Waals surface area contributed by atoms with E-state index in [2.05, 4.69) is 31.1 Å². The molecular formula is C30H24Cl2N8O2. The summed E-state index contributed by atoms with van der Waals surface area (Å²) in [6, 6.07) is 20.2. The number of aromatic amines is 1. The molecule has 1 unspecified atom stereocenters. The van der Waals surface area contributed by atoms with Crippen molar-refractivity contribution in [3.63, 3.8) is 0 Å². The predicted octanol–water partition coefficient (Wildman–Crippen LogP) is 5.36. The maximum absolute atomic E-state index is 13.2. The molecule has 3 N–H and O–H groups in total. The molecule has 1 atom stereocenters. The van der Waals surface area contributed by atoms with Crippen molar-refractivity contribution >= 4 is 46.8 Å². The number of fused-ring (bicyclic) bond motifs is 1. The Morgan fingerprint density at radius 3 is 2.74 bits per heavy atom. The fraction of sp³-hybridized carbons (Fsp3) is 0.133. The first kappa shape index (κ1) is 27.4. The SMILES string of the molecule is O=C(C=Cc1cc(Cl)ccc1-n1cnnn1)NC(Cc1ccccc1)c1nc(-c2ccc3c(c2)CCC(=O)N3)c(Cl)[nH]1. The number of nitrogens with zero attached hydrogens (tertiary/aromatic N) is 5. The number of aryl methyl sites for hydroxylation is 1. The minimum absolute atomic E-state index is 0.00544. The van der Waals surface area contributed by atoms with E-state index in [1.54, 1.807) is 24.3 Å². The van der Waals surface area contributed by atoms with Gasteiger partial charge in [0, 0.05) is 34.3 Å². The van der Waals surface area contributed by atoms with E-state index in [4.69, 9.17) is 28.2 Å². The Morgan fingerprint density at radius 2 is 1.93 bits per heavy atom. The quantitative estimate of drug-likeness (QED) is 0.206. The Bertz CT molecular complexity index is 1780. The molecule has 1 aliphatic rings. The monoisotopic (exact) mass is 598 g/mol. The molecule has 6 rings (SSSR count). The number of benzene rings is 3. The van der Waals surface area contributed by atoms with Gasteiger partial charge in [0.2, 0.25) is 11.8 Å². The van der Waals surface area contributed by atoms with Gasteiger partial charge >= 0.3 is 0 Å². The molecule has 5 aromatic rings. The van der Waals surface area contributed by atoms with Crippen LogP contribution >= 0.6 is 23.2 Å². The lowest BCUT2D eigenvalue weighted by Crippen LogP contribution is -2.29. The first-order valence-corrected chi connectivity index (χ1v) is 13.9. The van der Waals surface area contributed by atoms with Crippen LogP contribution in [-0.2, 0) is 22.4 Å². The van der Waals surface area contributed by atoms with Gasteiger partial charge in [0.1, 0.15) is 23.0 Å². The molecule has 3 aromatic carbocycles. The van der Waals surface area contributed by atoms with Crippen LogP contribution in [-0.4, -0.2) is 42.0 Å². The zero-order valence-electron chi connectivity index (χ0n) is 22.1. The lowest BCUT2D eigenvalue weighted by Gasteiger charge is -2.17. The maximum Gasteiger partial charge on any atom is 0.244 e. The highest BCUT2D eigenvalue weighted by Gasteiger charge is 2.22. The number of halogens is 2. The molecule has 12 heteroatoms. The van der Waals surface area contributed by atoms with Crippen molar-refractivity contribution in [2.45, 2.75) is 25.3 Å². The van der Waals surface area contributed by atoms with Gasteiger partial charge in [-0.15, -0.1) is 5.10 Å². The summed E-state index contributed by atoms with van der Waals surface area (Å²) in [6.07, 6.45) is 6.11. The van der Waals surface area contributed by atoms with Crippen LogP contribution in [0.4, 0.5) is 5.69 Å². The largest absolute Gasteiger partial charge is 0.342 e. The molecule has 42 heavy (non-hydrogen) atoms. The first-order valence-electron chi connectivity index (χ1n) is 13.2. The predicted molar refractivity (Wildman–Crippen MR) is 160 cm³/mol. The summed E-state index contributed by atoms with van der Waals surface area (Å²) in [5.41, 5.74) is 5.55. The molecule has 210 valence electrons. The van der Waals surface area contributed by atoms with Crippen molar-refractivity contribution in [3.05, 3.63) is 112 Å². The molecule has 2 amide bonds. The fourth-order valence-electron chi connectivity index (χ4n) is 4.85. The zero-order chi connectivity index (χ0) is 29.1. The molecule has 0 fully saturated rings. The third-order valence-electron chi connectivity index (χ3n) is 6.88. The van der Waals surface area contributed by atoms with Gasteiger partial charge in [-0.25, -0.2) is 4.98 Å². The van der Waals surface area contributed by atoms with Crippen molar-refractivity contribution in [2.24, 2.45) is 0 Å². The third-order valence-corrected chi connectivity index (χ3v) is 7.39. The van der Waals surface area contributed by atoms with Gasteiger partial charge in [-0.3, -0.25) is 9.59 Å². The summed E-state index contributed by atoms with van der Waals surface area (Å²) >= 11 is 12.9. The molecule has 0 saturated carbocycles. The van der Waals surface area contributed by atoms with Crippen molar-refractivity contribution in [3.8, 4) is 16.9 Å². The van der Waals surface area contributed by atoms with E-state index >= 15 is 0 Å². The number of anilines is 1. The summed E-state index contributed by atoms with van der Waals surface area (Å²) in [4.78, 5) is 33.0. The van der Waals surface area contributed by atoms with Crippen LogP contribution < -0.4 is 10.6 Å². The van der Waals surface area contributed by atoms with Gasteiger partial charge in [0.25, 0.3) is 0 Å². The average molecular weight is 599 g/mol. The highest BCUT2D eigenvalue weighted by Crippen LogP contribution is 2.33. The van der Waals surface area contributed by atoms with E-state index < -0.39 is 6.04 Å². The van der Waals surface area contributed by atoms with Crippen molar-refractivity contribution in [1.29, 1.82) is 0 Å². The number of aromatic nitrogens is 6. The minimum atomic E-state index is -0.508. The average Bonchev–Trinajstić information content (AvgIpc) is 3.66. The zero-order valence-corrected chi connectivity index (χ0v) is 23.6. The van der Waals surface area contributed by atoms with E-state index in [1.807, 2.05) is 48.5 Å². The molecule has 0 radical (unpaired) electrons. The number of carbonyl (C=O) groups excluding carboxylic acids is 2. The third kappa shape index (κ3) is 6.09. The summed E-state index contributed by atoms with van der Waals surface area (Å²) in [7, 11) is 0. The minimum Gasteiger partial charge on any atom is -0.342 e. The summed E-state index contributed by atoms with van der Waals surface area (Å²) in [5.74, 6) is 0.187. The molecule has 0 aliphatic carbocycles. The number of carbonyl (C=O) groups is 2. The topological polar surface area (TPSA) is 130 Å². The second-order valence-electron chi connectivity index (χ2n) is 9.75. The Kier molecular flexibility index (Phi) is 7.81. The smallest absolute Gasteiger partial charge is 0.244 e. The number of hydrogen-bond donors (Lipinski definition) is 3. The van der Waals surface area contributed by atoms with E-state index in [0.717, 1.165) is 22.4 Å². The van der Waals surface area contributed by atoms with Crippen LogP contribution in [0.15, 0.2) is 79.1 Å². The van der Waals surface area contributed by atoms with Crippen molar-refractivity contribution < 1.29 is 9.59 Å². The standard InChI is InChI=1S/C30H24Cl2N8O2/c31-22-9-11-25(40-17-33-38-39-40)20(16-22)8-13-27(42)35-24(14-18-4-2-1-3-5-18)30-36-28(29(32)37-30)21-6-10-23-19(15-21)7-12-26(41)34-23/h1-6,8-11,13,15-17,24H,7,12,14H2,(H,34,41)(H,35,42)(H,36,37). The fourth-order valence-corrected chi connectivity index (χ4v) is 5.28. The molecule has 1 aliphatic heterocycles. The van der Waals surface area contributed by atoms with Crippen LogP contribution in [0.25, 0.3) is 23.0 Å². The van der Waals surface area contributed by atoms with Crippen molar-refractivity contribution in [1.82, 2.24) is 35.5 Å². The molecule has 10 nitrogen and oxygen atoms in total. The second kappa shape index (κ2) is 12.0. The molecule has 0 bridgehead atoms. The maximum atomic E-state index is 13.2. The molecule has 3 heterocycles. The van der Waals surface area contributed by atoms with E-state index in [9.17, 15) is 9.59 Å². The van der Waals surface area contributed by atoms with Gasteiger partial charge < -0.3 is 15.6 Å². The highest BCUT2D eigenvalue weighted by atomic mass is 35.5. The van der Waals surface area contributed by atoms with Crippen LogP contribution in [0.1, 0.15) is 35.0 Å². The first-order chi connectivity index (χ1) is 20.4. The number of H-pyrrole nitrogens is 1. The summed E-state index contributed by atoms with van der Waals surface area (Å²) in [6.45, 7) is 0. The normalized spacial score (nSPS) is 13.5.